The van der Waals surface area contributed by atoms with Crippen LogP contribution in [0.1, 0.15) is 33.6 Å². The summed E-state index contributed by atoms with van der Waals surface area (Å²) in [5.41, 5.74) is 0.700. The summed E-state index contributed by atoms with van der Waals surface area (Å²) < 4.78 is 5.26. The Labute approximate surface area is 120 Å². The van der Waals surface area contributed by atoms with Crippen LogP contribution >= 0.6 is 0 Å². The number of carbonyl (C=O) groups is 1. The molecule has 0 aliphatic rings. The number of para-hydroxylation sites is 1. The average Bonchev–Trinajstić information content (AvgIpc) is 2.50. The summed E-state index contributed by atoms with van der Waals surface area (Å²) in [6.07, 6.45) is 3.24. The van der Waals surface area contributed by atoms with E-state index in [1.807, 2.05) is 38.1 Å². The molecule has 4 nitrogen and oxygen atoms in total. The molecule has 0 saturated carbocycles. The lowest BCUT2D eigenvalue weighted by Gasteiger charge is -2.07. The normalized spacial score (nSPS) is 9.55. The Morgan fingerprint density at radius 1 is 1.25 bits per heavy atom. The second-order valence-electron chi connectivity index (χ2n) is 4.00. The van der Waals surface area contributed by atoms with Gasteiger partial charge in [0, 0.05) is 18.1 Å². The van der Waals surface area contributed by atoms with Gasteiger partial charge in [0.2, 0.25) is 0 Å². The van der Waals surface area contributed by atoms with Crippen LogP contribution < -0.4 is 10.1 Å². The van der Waals surface area contributed by atoms with E-state index >= 15 is 0 Å². The van der Waals surface area contributed by atoms with E-state index in [1.54, 1.807) is 12.3 Å². The Balaban J connectivity index is 0.000000956. The number of aromatic nitrogens is 1. The topological polar surface area (TPSA) is 51.2 Å². The van der Waals surface area contributed by atoms with Crippen molar-refractivity contribution in [3.63, 3.8) is 0 Å². The Morgan fingerprint density at radius 3 is 2.75 bits per heavy atom. The van der Waals surface area contributed by atoms with Crippen molar-refractivity contribution in [3.8, 4) is 5.75 Å². The maximum atomic E-state index is 11.6. The van der Waals surface area contributed by atoms with Crippen LogP contribution in [0.5, 0.6) is 5.75 Å². The zero-order valence-electron chi connectivity index (χ0n) is 12.3. The second-order valence-corrected chi connectivity index (χ2v) is 4.00. The first-order chi connectivity index (χ1) is 9.81. The molecule has 0 saturated heterocycles. The highest BCUT2D eigenvalue weighted by Crippen LogP contribution is 2.22. The first-order valence-corrected chi connectivity index (χ1v) is 7.10. The van der Waals surface area contributed by atoms with Crippen LogP contribution in [0, 0.1) is 0 Å². The molecule has 0 unspecified atom stereocenters. The third kappa shape index (κ3) is 4.53. The quantitative estimate of drug-likeness (QED) is 0.852. The standard InChI is InChI=1S/C14H16N2O2.C2H6/c1-2-3-9-16-14(17)18-12-8-4-6-11-7-5-10-15-13(11)12;1-2/h4-8,10H,2-3,9H2,1H3,(H,16,17);1-2H3. The van der Waals surface area contributed by atoms with Crippen molar-refractivity contribution in [3.05, 3.63) is 36.5 Å². The number of benzene rings is 1. The molecule has 1 aromatic heterocycles. The molecule has 2 rings (SSSR count). The number of hydrogen-bond donors (Lipinski definition) is 1. The van der Waals surface area contributed by atoms with Crippen molar-refractivity contribution in [2.75, 3.05) is 6.54 Å². The van der Waals surface area contributed by atoms with Gasteiger partial charge in [-0.15, -0.1) is 0 Å². The summed E-state index contributed by atoms with van der Waals surface area (Å²) in [6.45, 7) is 6.70. The number of hydrogen-bond acceptors (Lipinski definition) is 3. The molecule has 1 N–H and O–H groups in total. The highest BCUT2D eigenvalue weighted by Gasteiger charge is 2.07. The number of rotatable bonds is 4. The van der Waals surface area contributed by atoms with Crippen molar-refractivity contribution in [2.24, 2.45) is 0 Å². The van der Waals surface area contributed by atoms with Crippen LogP contribution in [0.15, 0.2) is 36.5 Å². The van der Waals surface area contributed by atoms with Crippen LogP contribution in [-0.4, -0.2) is 17.6 Å². The molecule has 0 spiro atoms. The summed E-state index contributed by atoms with van der Waals surface area (Å²) in [4.78, 5) is 15.8. The van der Waals surface area contributed by atoms with E-state index in [9.17, 15) is 4.79 Å². The number of pyridine rings is 1. The van der Waals surface area contributed by atoms with Gasteiger partial charge >= 0.3 is 6.09 Å². The lowest BCUT2D eigenvalue weighted by molar-refractivity contribution is 0.201. The Bertz CT molecular complexity index is 535. The molecule has 0 atom stereocenters. The molecule has 1 heterocycles. The minimum atomic E-state index is -0.429. The van der Waals surface area contributed by atoms with Gasteiger partial charge in [-0.1, -0.05) is 45.4 Å². The Kier molecular flexibility index (Phi) is 7.11. The molecule has 0 aliphatic carbocycles. The maximum Gasteiger partial charge on any atom is 0.412 e. The first kappa shape index (κ1) is 16.0. The van der Waals surface area contributed by atoms with Gasteiger partial charge in [0.1, 0.15) is 5.52 Å². The van der Waals surface area contributed by atoms with Gasteiger partial charge in [0.25, 0.3) is 0 Å². The molecule has 2 aromatic rings. The minimum Gasteiger partial charge on any atom is -0.408 e. The van der Waals surface area contributed by atoms with Crippen LogP contribution in [0.3, 0.4) is 0 Å². The van der Waals surface area contributed by atoms with Gasteiger partial charge in [-0.2, -0.15) is 0 Å². The summed E-state index contributed by atoms with van der Waals surface area (Å²) in [7, 11) is 0. The third-order valence-electron chi connectivity index (χ3n) is 2.60. The lowest BCUT2D eigenvalue weighted by atomic mass is 10.2. The van der Waals surface area contributed by atoms with E-state index in [4.69, 9.17) is 4.74 Å². The zero-order chi connectivity index (χ0) is 14.8. The first-order valence-electron chi connectivity index (χ1n) is 7.10. The van der Waals surface area contributed by atoms with Gasteiger partial charge < -0.3 is 10.1 Å². The van der Waals surface area contributed by atoms with Gasteiger partial charge in [-0.25, -0.2) is 4.79 Å². The largest absolute Gasteiger partial charge is 0.412 e. The number of fused-ring (bicyclic) bond motifs is 1. The maximum absolute atomic E-state index is 11.6. The van der Waals surface area contributed by atoms with Crippen molar-refractivity contribution in [2.45, 2.75) is 33.6 Å². The number of carbonyl (C=O) groups excluding carboxylic acids is 1. The fraction of sp³-hybridized carbons (Fsp3) is 0.375. The fourth-order valence-corrected chi connectivity index (χ4v) is 1.66. The summed E-state index contributed by atoms with van der Waals surface area (Å²) in [5, 5.41) is 3.66. The fourth-order valence-electron chi connectivity index (χ4n) is 1.66. The average molecular weight is 274 g/mol. The van der Waals surface area contributed by atoms with Gasteiger partial charge in [-0.05, 0) is 18.6 Å². The molecule has 108 valence electrons. The van der Waals surface area contributed by atoms with Gasteiger partial charge in [0.15, 0.2) is 5.75 Å². The molecule has 0 radical (unpaired) electrons. The number of nitrogens with one attached hydrogen (secondary N) is 1. The van der Waals surface area contributed by atoms with Crippen LogP contribution in [-0.2, 0) is 0 Å². The van der Waals surface area contributed by atoms with Crippen LogP contribution in [0.2, 0.25) is 0 Å². The summed E-state index contributed by atoms with van der Waals surface area (Å²) >= 11 is 0. The molecule has 0 aliphatic heterocycles. The van der Waals surface area contributed by atoms with E-state index in [-0.39, 0.29) is 0 Å². The smallest absolute Gasteiger partial charge is 0.408 e. The summed E-state index contributed by atoms with van der Waals surface area (Å²) in [5.74, 6) is 0.488. The molecule has 1 amide bonds. The van der Waals surface area contributed by atoms with E-state index < -0.39 is 6.09 Å². The molecule has 1 aromatic carbocycles. The predicted molar refractivity (Wildman–Crippen MR) is 82.0 cm³/mol. The van der Waals surface area contributed by atoms with Crippen LogP contribution in [0.25, 0.3) is 10.9 Å². The van der Waals surface area contributed by atoms with Crippen molar-refractivity contribution in [1.82, 2.24) is 10.3 Å². The number of nitrogens with zero attached hydrogens (tertiary/aromatic N) is 1. The molecule has 20 heavy (non-hydrogen) atoms. The van der Waals surface area contributed by atoms with Gasteiger partial charge in [0.05, 0.1) is 0 Å². The van der Waals surface area contributed by atoms with E-state index in [0.29, 0.717) is 17.8 Å². The van der Waals surface area contributed by atoms with E-state index in [0.717, 1.165) is 18.2 Å². The Hall–Kier alpha value is -2.10. The van der Waals surface area contributed by atoms with Gasteiger partial charge in [-0.3, -0.25) is 4.98 Å². The van der Waals surface area contributed by atoms with Crippen LogP contribution in [0.4, 0.5) is 4.79 Å². The number of amides is 1. The third-order valence-corrected chi connectivity index (χ3v) is 2.60. The SMILES string of the molecule is CC.CCCCNC(=O)Oc1cccc2cccnc12. The second kappa shape index (κ2) is 8.91. The lowest BCUT2D eigenvalue weighted by Crippen LogP contribution is -2.27. The number of ether oxygens (including phenoxy) is 1. The molecular formula is C16H22N2O2. The molecule has 4 heteroatoms. The predicted octanol–water partition coefficient (Wildman–Crippen LogP) is 4.15. The van der Waals surface area contributed by atoms with E-state index in [2.05, 4.69) is 17.2 Å². The Morgan fingerprint density at radius 2 is 2.00 bits per heavy atom. The van der Waals surface area contributed by atoms with Crippen molar-refractivity contribution >= 4 is 17.0 Å². The highest BCUT2D eigenvalue weighted by molar-refractivity contribution is 5.86. The van der Waals surface area contributed by atoms with E-state index in [1.165, 1.54) is 0 Å². The van der Waals surface area contributed by atoms with Crippen molar-refractivity contribution < 1.29 is 9.53 Å². The minimum absolute atomic E-state index is 0.429. The highest BCUT2D eigenvalue weighted by atomic mass is 16.6. The summed E-state index contributed by atoms with van der Waals surface area (Å²) in [6, 6.07) is 9.31. The molecular weight excluding hydrogens is 252 g/mol. The van der Waals surface area contributed by atoms with Crippen molar-refractivity contribution in [1.29, 1.82) is 0 Å². The number of unbranched alkanes of at least 4 members (excludes halogenated alkanes) is 1. The zero-order valence-corrected chi connectivity index (χ0v) is 12.3. The monoisotopic (exact) mass is 274 g/mol. The molecule has 0 fully saturated rings. The molecule has 0 bridgehead atoms.